The lowest BCUT2D eigenvalue weighted by molar-refractivity contribution is -0.131. The summed E-state index contributed by atoms with van der Waals surface area (Å²) >= 11 is 5.98. The zero-order valence-electron chi connectivity index (χ0n) is 16.3. The van der Waals surface area contributed by atoms with E-state index in [9.17, 15) is 4.79 Å². The average molecular weight is 413 g/mol. The number of benzene rings is 2. The number of aromatic nitrogens is 1. The zero-order chi connectivity index (χ0) is 20.4. The minimum Gasteiger partial charge on any atom is -0.493 e. The summed E-state index contributed by atoms with van der Waals surface area (Å²) in [6.07, 6.45) is 0.960. The van der Waals surface area contributed by atoms with Crippen LogP contribution in [0.1, 0.15) is 16.8 Å². The summed E-state index contributed by atoms with van der Waals surface area (Å²) in [5, 5.41) is 4.86. The molecule has 2 heterocycles. The van der Waals surface area contributed by atoms with Crippen molar-refractivity contribution in [1.29, 1.82) is 0 Å². The number of carbonyl (C=O) groups is 1. The van der Waals surface area contributed by atoms with Crippen LogP contribution < -0.4 is 9.47 Å². The van der Waals surface area contributed by atoms with Gasteiger partial charge in [0.1, 0.15) is 0 Å². The maximum absolute atomic E-state index is 12.9. The molecule has 6 nitrogen and oxygen atoms in total. The maximum Gasteiger partial charge on any atom is 0.227 e. The Hall–Kier alpha value is -2.99. The SMILES string of the molecule is COc1ccc(CC(=O)N2CCc3noc(-c4ccc(Cl)cc4)c3C2)cc1OC. The Balaban J connectivity index is 1.52. The standard InChI is InChI=1S/C22H21ClN2O4/c1-27-19-8-3-14(11-20(19)28-2)12-21(26)25-10-9-18-17(13-25)22(29-24-18)15-4-6-16(23)7-5-15/h3-8,11H,9-10,12-13H2,1-2H3. The van der Waals surface area contributed by atoms with Crippen molar-refractivity contribution in [3.63, 3.8) is 0 Å². The van der Waals surface area contributed by atoms with Gasteiger partial charge in [0.05, 0.1) is 32.9 Å². The van der Waals surface area contributed by atoms with Crippen LogP contribution in [0.3, 0.4) is 0 Å². The summed E-state index contributed by atoms with van der Waals surface area (Å²) in [6.45, 7) is 1.09. The van der Waals surface area contributed by atoms with Gasteiger partial charge < -0.3 is 18.9 Å². The maximum atomic E-state index is 12.9. The molecule has 1 amide bonds. The Labute approximate surface area is 174 Å². The summed E-state index contributed by atoms with van der Waals surface area (Å²) in [7, 11) is 3.17. The van der Waals surface area contributed by atoms with Gasteiger partial charge in [0.2, 0.25) is 5.91 Å². The Kier molecular flexibility index (Phi) is 5.45. The quantitative estimate of drug-likeness (QED) is 0.630. The second kappa shape index (κ2) is 8.17. The van der Waals surface area contributed by atoms with E-state index in [4.69, 9.17) is 25.6 Å². The third kappa shape index (κ3) is 3.93. The van der Waals surface area contributed by atoms with Crippen LogP contribution in [0.5, 0.6) is 11.5 Å². The molecule has 1 aromatic heterocycles. The Bertz CT molecular complexity index is 1030. The largest absolute Gasteiger partial charge is 0.493 e. The van der Waals surface area contributed by atoms with Crippen molar-refractivity contribution in [2.45, 2.75) is 19.4 Å². The van der Waals surface area contributed by atoms with Gasteiger partial charge in [0.25, 0.3) is 0 Å². The van der Waals surface area contributed by atoms with Crippen molar-refractivity contribution in [3.8, 4) is 22.8 Å². The van der Waals surface area contributed by atoms with Crippen molar-refractivity contribution in [2.24, 2.45) is 0 Å². The van der Waals surface area contributed by atoms with E-state index in [0.717, 1.165) is 22.4 Å². The molecule has 0 spiro atoms. The molecule has 0 unspecified atom stereocenters. The van der Waals surface area contributed by atoms with E-state index in [1.54, 1.807) is 14.2 Å². The van der Waals surface area contributed by atoms with Crippen molar-refractivity contribution >= 4 is 17.5 Å². The number of hydrogen-bond acceptors (Lipinski definition) is 5. The molecule has 1 aliphatic heterocycles. The first-order chi connectivity index (χ1) is 14.1. The van der Waals surface area contributed by atoms with Gasteiger partial charge in [0, 0.05) is 29.1 Å². The molecular weight excluding hydrogens is 392 g/mol. The van der Waals surface area contributed by atoms with Crippen molar-refractivity contribution in [2.75, 3.05) is 20.8 Å². The Morgan fingerprint density at radius 1 is 1.14 bits per heavy atom. The van der Waals surface area contributed by atoms with Crippen LogP contribution in [-0.2, 0) is 24.2 Å². The minimum absolute atomic E-state index is 0.0473. The Morgan fingerprint density at radius 3 is 2.62 bits per heavy atom. The lowest BCUT2D eigenvalue weighted by atomic mass is 10.0. The number of hydrogen-bond donors (Lipinski definition) is 0. The lowest BCUT2D eigenvalue weighted by Crippen LogP contribution is -2.36. The van der Waals surface area contributed by atoms with Gasteiger partial charge in [-0.2, -0.15) is 0 Å². The average Bonchev–Trinajstić information content (AvgIpc) is 3.17. The third-order valence-electron chi connectivity index (χ3n) is 5.10. The fourth-order valence-corrected chi connectivity index (χ4v) is 3.66. The molecule has 0 atom stereocenters. The summed E-state index contributed by atoms with van der Waals surface area (Å²) < 4.78 is 16.2. The highest BCUT2D eigenvalue weighted by molar-refractivity contribution is 6.30. The molecule has 0 radical (unpaired) electrons. The number of amides is 1. The van der Waals surface area contributed by atoms with Gasteiger partial charge in [-0.1, -0.05) is 22.8 Å². The van der Waals surface area contributed by atoms with Gasteiger partial charge in [-0.05, 0) is 42.0 Å². The normalized spacial score (nSPS) is 13.1. The van der Waals surface area contributed by atoms with E-state index in [-0.39, 0.29) is 12.3 Å². The molecule has 4 rings (SSSR count). The summed E-state index contributed by atoms with van der Waals surface area (Å²) in [4.78, 5) is 14.8. The number of ether oxygens (including phenoxy) is 2. The van der Waals surface area contributed by atoms with E-state index in [1.165, 1.54) is 0 Å². The first-order valence-electron chi connectivity index (χ1n) is 9.31. The van der Waals surface area contributed by atoms with Gasteiger partial charge in [0.15, 0.2) is 17.3 Å². The summed E-state index contributed by atoms with van der Waals surface area (Å²) in [5.41, 5.74) is 3.64. The molecule has 7 heteroatoms. The molecule has 0 saturated carbocycles. The lowest BCUT2D eigenvalue weighted by Gasteiger charge is -2.26. The van der Waals surface area contributed by atoms with Crippen molar-refractivity contribution < 1.29 is 18.8 Å². The van der Waals surface area contributed by atoms with Crippen molar-refractivity contribution in [1.82, 2.24) is 10.1 Å². The summed E-state index contributed by atoms with van der Waals surface area (Å²) in [6, 6.07) is 13.0. The second-order valence-electron chi connectivity index (χ2n) is 6.88. The first kappa shape index (κ1) is 19.3. The number of carbonyl (C=O) groups excluding carboxylic acids is 1. The molecule has 2 aromatic carbocycles. The van der Waals surface area contributed by atoms with Gasteiger partial charge in [-0.25, -0.2) is 0 Å². The van der Waals surface area contributed by atoms with Crippen LogP contribution >= 0.6 is 11.6 Å². The van der Waals surface area contributed by atoms with Crippen LogP contribution in [-0.4, -0.2) is 36.7 Å². The number of fused-ring (bicyclic) bond motifs is 1. The highest BCUT2D eigenvalue weighted by Crippen LogP contribution is 2.32. The Morgan fingerprint density at radius 2 is 1.90 bits per heavy atom. The molecule has 0 aliphatic carbocycles. The third-order valence-corrected chi connectivity index (χ3v) is 5.35. The fourth-order valence-electron chi connectivity index (χ4n) is 3.53. The number of methoxy groups -OCH3 is 2. The van der Waals surface area contributed by atoms with Gasteiger partial charge in [-0.15, -0.1) is 0 Å². The van der Waals surface area contributed by atoms with Gasteiger partial charge in [-0.3, -0.25) is 4.79 Å². The molecule has 3 aromatic rings. The van der Waals surface area contributed by atoms with Crippen LogP contribution in [0.25, 0.3) is 11.3 Å². The van der Waals surface area contributed by atoms with E-state index in [0.29, 0.717) is 41.8 Å². The predicted molar refractivity (Wildman–Crippen MR) is 109 cm³/mol. The topological polar surface area (TPSA) is 64.8 Å². The number of rotatable bonds is 5. The molecule has 29 heavy (non-hydrogen) atoms. The van der Waals surface area contributed by atoms with Crippen LogP contribution in [0.4, 0.5) is 0 Å². The van der Waals surface area contributed by atoms with Gasteiger partial charge >= 0.3 is 0 Å². The highest BCUT2D eigenvalue weighted by atomic mass is 35.5. The molecular formula is C22H21ClN2O4. The molecule has 1 aliphatic rings. The summed E-state index contributed by atoms with van der Waals surface area (Å²) in [5.74, 6) is 2.00. The van der Waals surface area contributed by atoms with Crippen LogP contribution in [0.2, 0.25) is 5.02 Å². The van der Waals surface area contributed by atoms with E-state index >= 15 is 0 Å². The fraction of sp³-hybridized carbons (Fsp3) is 0.273. The number of halogens is 1. The minimum atomic E-state index is 0.0473. The predicted octanol–water partition coefficient (Wildman–Crippen LogP) is 4.14. The molecule has 0 N–H and O–H groups in total. The monoisotopic (exact) mass is 412 g/mol. The van der Waals surface area contributed by atoms with Crippen LogP contribution in [0, 0.1) is 0 Å². The van der Waals surface area contributed by atoms with E-state index in [2.05, 4.69) is 5.16 Å². The zero-order valence-corrected chi connectivity index (χ0v) is 17.0. The van der Waals surface area contributed by atoms with Crippen LogP contribution in [0.15, 0.2) is 47.0 Å². The van der Waals surface area contributed by atoms with Crippen molar-refractivity contribution in [3.05, 3.63) is 64.3 Å². The smallest absolute Gasteiger partial charge is 0.227 e. The van der Waals surface area contributed by atoms with E-state index in [1.807, 2.05) is 47.4 Å². The molecule has 0 saturated heterocycles. The molecule has 0 bridgehead atoms. The molecule has 0 fully saturated rings. The highest BCUT2D eigenvalue weighted by Gasteiger charge is 2.27. The molecule has 150 valence electrons. The number of nitrogens with zero attached hydrogens (tertiary/aromatic N) is 2. The van der Waals surface area contributed by atoms with E-state index < -0.39 is 0 Å². The second-order valence-corrected chi connectivity index (χ2v) is 7.31. The first-order valence-corrected chi connectivity index (χ1v) is 9.69.